The van der Waals surface area contributed by atoms with Gasteiger partial charge in [0.1, 0.15) is 54.4 Å². The summed E-state index contributed by atoms with van der Waals surface area (Å²) in [6.07, 6.45) is -16.8. The van der Waals surface area contributed by atoms with Crippen molar-refractivity contribution in [2.75, 3.05) is 13.7 Å². The Hall–Kier alpha value is -4.40. The Morgan fingerprint density at radius 1 is 0.833 bits per heavy atom. The number of phenols is 3. The van der Waals surface area contributed by atoms with Crippen molar-refractivity contribution in [1.29, 1.82) is 0 Å². The molecule has 0 bridgehead atoms. The molecule has 0 saturated carbocycles. The molecule has 2 aromatic carbocycles. The number of aliphatic hydroxyl groups is 5. The molecule has 2 aliphatic heterocycles. The van der Waals surface area contributed by atoms with Gasteiger partial charge in [0, 0.05) is 18.6 Å². The fraction of sp³-hybridized carbons (Fsp3) is 0.467. The van der Waals surface area contributed by atoms with Crippen LogP contribution in [0.2, 0.25) is 0 Å². The zero-order valence-corrected chi connectivity index (χ0v) is 25.5. The molecule has 2 fully saturated rings. The number of carbonyl (C=O) groups is 1. The summed E-state index contributed by atoms with van der Waals surface area (Å²) in [6.45, 7) is 1.86. The van der Waals surface area contributed by atoms with Crippen LogP contribution in [0, 0.1) is 0 Å². The molecule has 2 saturated heterocycles. The average Bonchev–Trinajstić information content (AvgIpc) is 3.05. The van der Waals surface area contributed by atoms with Crippen molar-refractivity contribution >= 4 is 16.9 Å². The Morgan fingerprint density at radius 3 is 2.21 bits per heavy atom. The Balaban J connectivity index is 1.56. The number of carbonyl (C=O) groups excluding carboxylic acids is 1. The summed E-state index contributed by atoms with van der Waals surface area (Å²) in [5.41, 5.74) is -1.82. The molecule has 10 unspecified atom stereocenters. The first-order valence-electron chi connectivity index (χ1n) is 14.4. The van der Waals surface area contributed by atoms with Crippen molar-refractivity contribution < 1.29 is 83.6 Å². The predicted molar refractivity (Wildman–Crippen MR) is 156 cm³/mol. The van der Waals surface area contributed by atoms with Crippen molar-refractivity contribution in [3.05, 3.63) is 34.5 Å². The minimum Gasteiger partial charge on any atom is -0.507 e. The van der Waals surface area contributed by atoms with Gasteiger partial charge in [-0.15, -0.1) is 0 Å². The van der Waals surface area contributed by atoms with E-state index >= 15 is 0 Å². The molecule has 3 heterocycles. The topological polar surface area (TPSA) is 285 Å². The molecule has 18 heteroatoms. The first kappa shape index (κ1) is 34.9. The molecule has 3 aromatic rings. The third kappa shape index (κ3) is 6.39. The summed E-state index contributed by atoms with van der Waals surface area (Å²) in [5, 5.41) is 94.5. The summed E-state index contributed by atoms with van der Waals surface area (Å²) in [7, 11) is 1.26. The summed E-state index contributed by atoms with van der Waals surface area (Å²) < 4.78 is 38.2. The second kappa shape index (κ2) is 13.6. The van der Waals surface area contributed by atoms with E-state index in [2.05, 4.69) is 0 Å². The molecule has 0 amide bonds. The number of methoxy groups -OCH3 is 1. The molecule has 0 aliphatic carbocycles. The lowest BCUT2D eigenvalue weighted by atomic mass is 9.97. The third-order valence-electron chi connectivity index (χ3n) is 7.94. The van der Waals surface area contributed by atoms with Crippen LogP contribution in [0.15, 0.2) is 33.5 Å². The molecule has 48 heavy (non-hydrogen) atoms. The van der Waals surface area contributed by atoms with E-state index in [0.29, 0.717) is 0 Å². The van der Waals surface area contributed by atoms with Gasteiger partial charge in [0.15, 0.2) is 41.0 Å². The van der Waals surface area contributed by atoms with Crippen molar-refractivity contribution in [2.45, 2.75) is 75.3 Å². The van der Waals surface area contributed by atoms with Crippen LogP contribution in [-0.4, -0.2) is 127 Å². The summed E-state index contributed by atoms with van der Waals surface area (Å²) in [4.78, 5) is 24.6. The average molecular weight is 683 g/mol. The number of phenolic OH excluding ortho intramolecular Hbond substituents is 3. The molecular formula is C30H34O18. The molecule has 18 nitrogen and oxygen atoms in total. The van der Waals surface area contributed by atoms with Gasteiger partial charge in [0.2, 0.25) is 23.2 Å². The van der Waals surface area contributed by atoms with Crippen LogP contribution < -0.4 is 14.9 Å². The van der Waals surface area contributed by atoms with Crippen LogP contribution >= 0.6 is 0 Å². The molecular weight excluding hydrogens is 648 g/mol. The highest BCUT2D eigenvalue weighted by molar-refractivity contribution is 5.93. The van der Waals surface area contributed by atoms with Gasteiger partial charge in [0.05, 0.1) is 13.2 Å². The maximum absolute atomic E-state index is 13.1. The molecule has 2 aliphatic rings. The Bertz CT molecular complexity index is 1720. The molecule has 1 aromatic heterocycles. The van der Waals surface area contributed by atoms with E-state index in [4.69, 9.17) is 32.8 Å². The number of ether oxygens (including phenoxy) is 6. The summed E-state index contributed by atoms with van der Waals surface area (Å²) in [5.74, 6) is -4.95. The number of esters is 1. The lowest BCUT2D eigenvalue weighted by Crippen LogP contribution is -2.64. The number of rotatable bonds is 8. The fourth-order valence-corrected chi connectivity index (χ4v) is 5.29. The number of hydrogen-bond donors (Lipinski definition) is 9. The predicted octanol–water partition coefficient (Wildman–Crippen LogP) is -1.11. The van der Waals surface area contributed by atoms with Crippen molar-refractivity contribution in [3.8, 4) is 45.8 Å². The van der Waals surface area contributed by atoms with Crippen molar-refractivity contribution in [2.24, 2.45) is 0 Å². The highest BCUT2D eigenvalue weighted by Gasteiger charge is 2.51. The number of benzene rings is 2. The monoisotopic (exact) mass is 682 g/mol. The van der Waals surface area contributed by atoms with Crippen molar-refractivity contribution in [1.82, 2.24) is 0 Å². The minimum absolute atomic E-state index is 0.0217. The Kier molecular flexibility index (Phi) is 9.90. The minimum atomic E-state index is -1.93. The van der Waals surface area contributed by atoms with E-state index in [-0.39, 0.29) is 17.1 Å². The molecule has 5 rings (SSSR count). The van der Waals surface area contributed by atoms with Gasteiger partial charge < -0.3 is 78.8 Å². The standard InChI is InChI=1S/C30H34O18/c1-9-18(34)22(38)25(41)29(44-9)48-28-23(39)19(35)16(8-43-10(2)31)46-30(28)45-15-7-13(33)17-21(37)24(40)26(47-27(17)20(15)36)11-4-5-12(32)14(6-11)42-3/h4-7,9,16,18-19,22-23,25,28-30,32-36,38-41H,8H2,1-3H3. The second-order valence-electron chi connectivity index (χ2n) is 11.2. The van der Waals surface area contributed by atoms with Gasteiger partial charge in [-0.3, -0.25) is 9.59 Å². The molecule has 262 valence electrons. The molecule has 9 N–H and O–H groups in total. The van der Waals surface area contributed by atoms with Gasteiger partial charge in [-0.1, -0.05) is 0 Å². The van der Waals surface area contributed by atoms with E-state index in [1.165, 1.54) is 32.2 Å². The van der Waals surface area contributed by atoms with Crippen LogP contribution in [0.5, 0.6) is 34.5 Å². The van der Waals surface area contributed by atoms with E-state index in [0.717, 1.165) is 13.0 Å². The number of hydrogen-bond acceptors (Lipinski definition) is 18. The number of fused-ring (bicyclic) bond motifs is 1. The van der Waals surface area contributed by atoms with Crippen LogP contribution in [0.1, 0.15) is 13.8 Å². The van der Waals surface area contributed by atoms with Gasteiger partial charge in [0.25, 0.3) is 0 Å². The lowest BCUT2D eigenvalue weighted by molar-refractivity contribution is -0.354. The van der Waals surface area contributed by atoms with Crippen LogP contribution in [0.4, 0.5) is 0 Å². The van der Waals surface area contributed by atoms with Gasteiger partial charge >= 0.3 is 5.97 Å². The zero-order chi connectivity index (χ0) is 35.2. The number of aliphatic hydroxyl groups excluding tert-OH is 5. The summed E-state index contributed by atoms with van der Waals surface area (Å²) >= 11 is 0. The molecule has 0 radical (unpaired) electrons. The maximum Gasteiger partial charge on any atom is 0.302 e. The van der Waals surface area contributed by atoms with E-state index in [1.54, 1.807) is 0 Å². The van der Waals surface area contributed by atoms with Crippen molar-refractivity contribution in [3.63, 3.8) is 0 Å². The highest BCUT2D eigenvalue weighted by Crippen LogP contribution is 2.44. The van der Waals surface area contributed by atoms with Gasteiger partial charge in [-0.2, -0.15) is 0 Å². The third-order valence-corrected chi connectivity index (χ3v) is 7.94. The zero-order valence-electron chi connectivity index (χ0n) is 25.5. The molecule has 0 spiro atoms. The Morgan fingerprint density at radius 2 is 1.54 bits per heavy atom. The second-order valence-corrected chi connectivity index (χ2v) is 11.2. The summed E-state index contributed by atoms with van der Waals surface area (Å²) in [6, 6.07) is 4.44. The highest BCUT2D eigenvalue weighted by atomic mass is 16.8. The quantitative estimate of drug-likeness (QED) is 0.101. The van der Waals surface area contributed by atoms with Gasteiger partial charge in [-0.25, -0.2) is 0 Å². The van der Waals surface area contributed by atoms with E-state index < -0.39 is 119 Å². The van der Waals surface area contributed by atoms with E-state index in [1.807, 2.05) is 0 Å². The number of aromatic hydroxyl groups is 4. The first-order valence-corrected chi connectivity index (χ1v) is 14.4. The fourth-order valence-electron chi connectivity index (χ4n) is 5.29. The van der Waals surface area contributed by atoms with Crippen LogP contribution in [-0.2, 0) is 23.7 Å². The SMILES string of the molecule is COc1cc(-c2oc3c(O)c(OC4OC(COC(C)=O)C(O)C(O)C4OC4OC(C)C(O)C(O)C4O)cc(O)c3c(=O)c2O)ccc1O. The molecule has 10 atom stereocenters. The van der Waals surface area contributed by atoms with Crippen LogP contribution in [0.25, 0.3) is 22.3 Å². The largest absolute Gasteiger partial charge is 0.507 e. The van der Waals surface area contributed by atoms with Crippen LogP contribution in [0.3, 0.4) is 0 Å². The van der Waals surface area contributed by atoms with E-state index in [9.17, 15) is 55.5 Å². The normalized spacial score (nSPS) is 30.6. The maximum atomic E-state index is 13.1. The van der Waals surface area contributed by atoms with Gasteiger partial charge in [-0.05, 0) is 25.1 Å². The lowest BCUT2D eigenvalue weighted by Gasteiger charge is -2.45. The smallest absolute Gasteiger partial charge is 0.302 e. The first-order chi connectivity index (χ1) is 22.6. The Labute approximate surface area is 270 Å².